The molecule has 0 amide bonds. The number of aryl methyl sites for hydroxylation is 1. The molecule has 1 heterocycles. The summed E-state index contributed by atoms with van der Waals surface area (Å²) in [6, 6.07) is 8.55. The summed E-state index contributed by atoms with van der Waals surface area (Å²) >= 11 is 0. The van der Waals surface area contributed by atoms with E-state index >= 15 is 0 Å². The maximum Gasteiger partial charge on any atom is 0.191 e. The minimum Gasteiger partial charge on any atom is -0.493 e. The highest BCUT2D eigenvalue weighted by Crippen LogP contribution is 2.52. The van der Waals surface area contributed by atoms with Crippen LogP contribution in [0.1, 0.15) is 39.2 Å². The van der Waals surface area contributed by atoms with E-state index in [2.05, 4.69) is 44.4 Å². The van der Waals surface area contributed by atoms with Crippen LogP contribution < -0.4 is 15.4 Å². The van der Waals surface area contributed by atoms with Gasteiger partial charge in [0.1, 0.15) is 5.75 Å². The highest BCUT2D eigenvalue weighted by atomic mass is 127. The van der Waals surface area contributed by atoms with Gasteiger partial charge in [-0.15, -0.1) is 24.0 Å². The van der Waals surface area contributed by atoms with Crippen LogP contribution in [0.5, 0.6) is 5.75 Å². The predicted molar refractivity (Wildman–Crippen MR) is 121 cm³/mol. The van der Waals surface area contributed by atoms with Crippen LogP contribution in [0.2, 0.25) is 0 Å². The average molecular weight is 487 g/mol. The lowest BCUT2D eigenvalue weighted by atomic mass is 9.57. The van der Waals surface area contributed by atoms with Crippen molar-refractivity contribution in [2.45, 2.75) is 52.7 Å². The summed E-state index contributed by atoms with van der Waals surface area (Å²) in [6.07, 6.45) is 2.44. The molecular formula is C21H34IN3O2. The highest BCUT2D eigenvalue weighted by Gasteiger charge is 2.59. The van der Waals surface area contributed by atoms with Crippen LogP contribution in [0.25, 0.3) is 0 Å². The zero-order valence-corrected chi connectivity index (χ0v) is 19.3. The predicted octanol–water partition coefficient (Wildman–Crippen LogP) is 3.75. The number of halogens is 1. The number of nitrogens with one attached hydrogen (secondary N) is 2. The molecule has 0 aromatic heterocycles. The Hall–Kier alpha value is -1.02. The second-order valence-corrected chi connectivity index (χ2v) is 7.92. The lowest BCUT2D eigenvalue weighted by Crippen LogP contribution is -2.67. The number of guanidine groups is 1. The number of para-hydroxylation sites is 1. The van der Waals surface area contributed by atoms with Crippen molar-refractivity contribution in [2.75, 3.05) is 26.3 Å². The molecule has 0 spiro atoms. The van der Waals surface area contributed by atoms with Crippen molar-refractivity contribution in [1.82, 2.24) is 10.6 Å². The van der Waals surface area contributed by atoms with E-state index in [0.29, 0.717) is 24.7 Å². The van der Waals surface area contributed by atoms with Crippen LogP contribution >= 0.6 is 24.0 Å². The van der Waals surface area contributed by atoms with Gasteiger partial charge >= 0.3 is 0 Å². The fourth-order valence-corrected chi connectivity index (χ4v) is 4.24. The van der Waals surface area contributed by atoms with Crippen LogP contribution in [0.15, 0.2) is 29.3 Å². The molecule has 1 aliphatic heterocycles. The first-order valence-corrected chi connectivity index (χ1v) is 9.89. The minimum absolute atomic E-state index is 0. The molecule has 2 aliphatic rings. The van der Waals surface area contributed by atoms with Crippen molar-refractivity contribution in [2.24, 2.45) is 16.3 Å². The van der Waals surface area contributed by atoms with E-state index in [1.165, 1.54) is 5.56 Å². The van der Waals surface area contributed by atoms with Crippen molar-refractivity contribution in [1.29, 1.82) is 0 Å². The first-order chi connectivity index (χ1) is 12.5. The summed E-state index contributed by atoms with van der Waals surface area (Å²) in [5, 5.41) is 7.03. The molecule has 1 saturated heterocycles. The van der Waals surface area contributed by atoms with E-state index < -0.39 is 0 Å². The first-order valence-electron chi connectivity index (χ1n) is 9.89. The van der Waals surface area contributed by atoms with Gasteiger partial charge in [0.25, 0.3) is 0 Å². The van der Waals surface area contributed by atoms with E-state index in [-0.39, 0.29) is 29.4 Å². The largest absolute Gasteiger partial charge is 0.493 e. The maximum absolute atomic E-state index is 5.89. The van der Waals surface area contributed by atoms with Crippen molar-refractivity contribution in [3.63, 3.8) is 0 Å². The van der Waals surface area contributed by atoms with Crippen LogP contribution in [0.3, 0.4) is 0 Å². The Labute approximate surface area is 180 Å². The SMILES string of the molecule is CCNC(=NCCCOc1ccccc1C)NC1C2CCOC2C1(C)C.I. The van der Waals surface area contributed by atoms with Crippen molar-refractivity contribution < 1.29 is 9.47 Å². The third-order valence-corrected chi connectivity index (χ3v) is 5.66. The maximum atomic E-state index is 5.89. The Morgan fingerprint density at radius 1 is 1.33 bits per heavy atom. The molecule has 3 atom stereocenters. The molecule has 1 aromatic rings. The first kappa shape index (κ1) is 22.3. The molecule has 0 bridgehead atoms. The molecule has 0 radical (unpaired) electrons. The summed E-state index contributed by atoms with van der Waals surface area (Å²) in [5.74, 6) is 2.48. The van der Waals surface area contributed by atoms with Crippen molar-refractivity contribution in [3.05, 3.63) is 29.8 Å². The molecule has 2 fully saturated rings. The molecule has 1 aromatic carbocycles. The van der Waals surface area contributed by atoms with E-state index in [1.54, 1.807) is 0 Å². The summed E-state index contributed by atoms with van der Waals surface area (Å²) in [4.78, 5) is 4.74. The number of rotatable bonds is 7. The fraction of sp³-hybridized carbons (Fsp3) is 0.667. The molecule has 2 N–H and O–H groups in total. The molecule has 27 heavy (non-hydrogen) atoms. The summed E-state index contributed by atoms with van der Waals surface area (Å²) < 4.78 is 11.7. The Morgan fingerprint density at radius 3 is 2.85 bits per heavy atom. The third-order valence-electron chi connectivity index (χ3n) is 5.66. The Morgan fingerprint density at radius 2 is 2.11 bits per heavy atom. The topological polar surface area (TPSA) is 54.9 Å². The van der Waals surface area contributed by atoms with Gasteiger partial charge in [-0.3, -0.25) is 4.99 Å². The molecule has 6 heteroatoms. The molecule has 3 rings (SSSR count). The lowest BCUT2D eigenvalue weighted by Gasteiger charge is -2.54. The van der Waals surface area contributed by atoms with Gasteiger partial charge in [-0.1, -0.05) is 32.0 Å². The summed E-state index contributed by atoms with van der Waals surface area (Å²) in [5.41, 5.74) is 1.33. The number of hydrogen-bond donors (Lipinski definition) is 2. The number of benzene rings is 1. The lowest BCUT2D eigenvalue weighted by molar-refractivity contribution is -0.106. The Balaban J connectivity index is 0.00000261. The van der Waals surface area contributed by atoms with Gasteiger partial charge in [-0.2, -0.15) is 0 Å². The van der Waals surface area contributed by atoms with E-state index in [4.69, 9.17) is 14.5 Å². The highest BCUT2D eigenvalue weighted by molar-refractivity contribution is 14.0. The van der Waals surface area contributed by atoms with Crippen LogP contribution in [0, 0.1) is 18.3 Å². The number of nitrogens with zero attached hydrogens (tertiary/aromatic N) is 1. The van der Waals surface area contributed by atoms with E-state index in [1.807, 2.05) is 18.2 Å². The number of ether oxygens (including phenoxy) is 2. The monoisotopic (exact) mass is 487 g/mol. The second-order valence-electron chi connectivity index (χ2n) is 7.92. The van der Waals surface area contributed by atoms with Crippen LogP contribution in [-0.2, 0) is 4.74 Å². The summed E-state index contributed by atoms with van der Waals surface area (Å²) in [7, 11) is 0. The number of hydrogen-bond acceptors (Lipinski definition) is 3. The minimum atomic E-state index is 0. The Kier molecular flexibility index (Phi) is 8.21. The molecule has 1 saturated carbocycles. The van der Waals surface area contributed by atoms with Gasteiger partial charge in [0.2, 0.25) is 0 Å². The molecule has 1 aliphatic carbocycles. The average Bonchev–Trinajstić information content (AvgIpc) is 3.08. The van der Waals surface area contributed by atoms with Crippen LogP contribution in [0.4, 0.5) is 0 Å². The third kappa shape index (κ3) is 5.08. The normalized spacial score (nSPS) is 25.8. The van der Waals surface area contributed by atoms with Gasteiger partial charge in [0, 0.05) is 43.5 Å². The van der Waals surface area contributed by atoms with Gasteiger partial charge in [-0.25, -0.2) is 0 Å². The van der Waals surface area contributed by atoms with Gasteiger partial charge in [0.15, 0.2) is 5.96 Å². The number of fused-ring (bicyclic) bond motifs is 1. The summed E-state index contributed by atoms with van der Waals surface area (Å²) in [6.45, 7) is 11.9. The van der Waals surface area contributed by atoms with Crippen molar-refractivity contribution >= 4 is 29.9 Å². The molecule has 3 unspecified atom stereocenters. The Bertz CT molecular complexity index is 636. The molecule has 152 valence electrons. The van der Waals surface area contributed by atoms with E-state index in [9.17, 15) is 0 Å². The van der Waals surface area contributed by atoms with Crippen LogP contribution in [-0.4, -0.2) is 44.4 Å². The fourth-order valence-electron chi connectivity index (χ4n) is 4.24. The molecular weight excluding hydrogens is 453 g/mol. The smallest absolute Gasteiger partial charge is 0.191 e. The zero-order valence-electron chi connectivity index (χ0n) is 17.0. The van der Waals surface area contributed by atoms with Gasteiger partial charge in [-0.05, 0) is 31.9 Å². The zero-order chi connectivity index (χ0) is 18.6. The van der Waals surface area contributed by atoms with Gasteiger partial charge < -0.3 is 20.1 Å². The van der Waals surface area contributed by atoms with E-state index in [0.717, 1.165) is 44.2 Å². The quantitative estimate of drug-likeness (QED) is 0.266. The van der Waals surface area contributed by atoms with Gasteiger partial charge in [0.05, 0.1) is 12.7 Å². The number of aliphatic imine (C=N–C) groups is 1. The second kappa shape index (κ2) is 9.96. The molecule has 5 nitrogen and oxygen atoms in total. The standard InChI is InChI=1S/C21H33N3O2.HI/c1-5-22-20(24-18-16-11-14-26-19(16)21(18,3)4)23-12-8-13-25-17-10-7-6-9-15(17)2;/h6-7,9-10,16,18-19H,5,8,11-14H2,1-4H3,(H2,22,23,24);1H. The van der Waals surface area contributed by atoms with Crippen molar-refractivity contribution in [3.8, 4) is 5.75 Å².